The van der Waals surface area contributed by atoms with Crippen molar-refractivity contribution in [2.24, 2.45) is 0 Å². The van der Waals surface area contributed by atoms with Crippen LogP contribution in [0.3, 0.4) is 0 Å². The Balaban J connectivity index is 2.23. The van der Waals surface area contributed by atoms with E-state index in [-0.39, 0.29) is 11.3 Å². The molecule has 19 heavy (non-hydrogen) atoms. The molecule has 2 aromatic rings. The normalized spacial score (nSPS) is 10.9. The topological polar surface area (TPSA) is 25.2 Å². The molecule has 5 heteroatoms. The van der Waals surface area contributed by atoms with Crippen LogP contribution in [0.1, 0.15) is 19.1 Å². The van der Waals surface area contributed by atoms with E-state index in [0.717, 1.165) is 19.0 Å². The molecule has 0 unspecified atom stereocenters. The molecule has 0 saturated carbocycles. The number of rotatable bonds is 5. The molecule has 0 saturated heterocycles. The molecule has 2 rings (SSSR count). The van der Waals surface area contributed by atoms with Crippen molar-refractivity contribution < 1.29 is 17.6 Å². The third-order valence-corrected chi connectivity index (χ3v) is 2.65. The number of hydrogen-bond donors (Lipinski definition) is 1. The van der Waals surface area contributed by atoms with Crippen molar-refractivity contribution in [3.8, 4) is 11.3 Å². The highest BCUT2D eigenvalue weighted by molar-refractivity contribution is 5.58. The number of hydrogen-bond acceptors (Lipinski definition) is 2. The standard InChI is InChI=1S/C14H14F3NO/c1-2-5-18-8-10-3-4-13(19-10)11-6-9(15)7-12(16)14(11)17/h3-4,6-7,18H,2,5,8H2,1H3. The summed E-state index contributed by atoms with van der Waals surface area (Å²) in [6.45, 7) is 3.36. The molecule has 0 aliphatic heterocycles. The zero-order valence-electron chi connectivity index (χ0n) is 10.5. The molecule has 0 bridgehead atoms. The zero-order chi connectivity index (χ0) is 13.8. The second kappa shape index (κ2) is 5.93. The minimum atomic E-state index is -1.22. The largest absolute Gasteiger partial charge is 0.460 e. The molecule has 0 radical (unpaired) electrons. The molecule has 102 valence electrons. The zero-order valence-corrected chi connectivity index (χ0v) is 10.5. The van der Waals surface area contributed by atoms with Crippen LogP contribution in [0.2, 0.25) is 0 Å². The highest BCUT2D eigenvalue weighted by Crippen LogP contribution is 2.27. The van der Waals surface area contributed by atoms with Gasteiger partial charge in [-0.15, -0.1) is 0 Å². The maximum absolute atomic E-state index is 13.6. The first-order chi connectivity index (χ1) is 9.11. The minimum absolute atomic E-state index is 0.115. The number of furan rings is 1. The van der Waals surface area contributed by atoms with Crippen molar-refractivity contribution >= 4 is 0 Å². The van der Waals surface area contributed by atoms with Gasteiger partial charge >= 0.3 is 0 Å². The summed E-state index contributed by atoms with van der Waals surface area (Å²) in [5.41, 5.74) is -0.209. The van der Waals surface area contributed by atoms with Gasteiger partial charge in [0.2, 0.25) is 0 Å². The van der Waals surface area contributed by atoms with E-state index in [0.29, 0.717) is 18.4 Å². The van der Waals surface area contributed by atoms with Gasteiger partial charge in [-0.1, -0.05) is 6.92 Å². The average Bonchev–Trinajstić information content (AvgIpc) is 2.83. The maximum Gasteiger partial charge on any atom is 0.169 e. The van der Waals surface area contributed by atoms with Crippen LogP contribution < -0.4 is 5.32 Å². The van der Waals surface area contributed by atoms with Crippen LogP contribution in [0.5, 0.6) is 0 Å². The molecule has 0 amide bonds. The monoisotopic (exact) mass is 269 g/mol. The third kappa shape index (κ3) is 3.17. The van der Waals surface area contributed by atoms with E-state index >= 15 is 0 Å². The molecule has 1 heterocycles. The molecule has 0 aliphatic carbocycles. The molecule has 0 spiro atoms. The molecular weight excluding hydrogens is 255 g/mol. The molecule has 0 fully saturated rings. The van der Waals surface area contributed by atoms with Crippen LogP contribution in [-0.2, 0) is 6.54 Å². The van der Waals surface area contributed by atoms with Crippen molar-refractivity contribution in [2.75, 3.05) is 6.54 Å². The summed E-state index contributed by atoms with van der Waals surface area (Å²) in [5, 5.41) is 3.12. The fourth-order valence-corrected chi connectivity index (χ4v) is 1.74. The van der Waals surface area contributed by atoms with Crippen molar-refractivity contribution in [1.82, 2.24) is 5.32 Å². The second-order valence-electron chi connectivity index (χ2n) is 4.19. The van der Waals surface area contributed by atoms with Crippen molar-refractivity contribution in [3.63, 3.8) is 0 Å². The number of halogens is 3. The Hall–Kier alpha value is -1.75. The van der Waals surface area contributed by atoms with E-state index in [1.165, 1.54) is 6.07 Å². The first-order valence-corrected chi connectivity index (χ1v) is 6.06. The Morgan fingerprint density at radius 3 is 2.68 bits per heavy atom. The van der Waals surface area contributed by atoms with E-state index < -0.39 is 17.5 Å². The van der Waals surface area contributed by atoms with Crippen molar-refractivity contribution in [3.05, 3.63) is 47.5 Å². The van der Waals surface area contributed by atoms with Gasteiger partial charge in [0.15, 0.2) is 11.6 Å². The van der Waals surface area contributed by atoms with Crippen LogP contribution in [0, 0.1) is 17.5 Å². The van der Waals surface area contributed by atoms with Crippen molar-refractivity contribution in [2.45, 2.75) is 19.9 Å². The first kappa shape index (κ1) is 13.7. The lowest BCUT2D eigenvalue weighted by Gasteiger charge is -2.02. The van der Waals surface area contributed by atoms with E-state index in [2.05, 4.69) is 5.32 Å². The molecule has 1 aromatic carbocycles. The lowest BCUT2D eigenvalue weighted by Crippen LogP contribution is -2.12. The van der Waals surface area contributed by atoms with Gasteiger partial charge < -0.3 is 9.73 Å². The summed E-state index contributed by atoms with van der Waals surface area (Å²) < 4.78 is 45.1. The predicted molar refractivity (Wildman–Crippen MR) is 66.0 cm³/mol. The van der Waals surface area contributed by atoms with Crippen LogP contribution in [0.4, 0.5) is 13.2 Å². The summed E-state index contributed by atoms with van der Waals surface area (Å²) in [5.74, 6) is -2.46. The van der Waals surface area contributed by atoms with Gasteiger partial charge in [0.1, 0.15) is 17.3 Å². The van der Waals surface area contributed by atoms with Gasteiger partial charge in [-0.05, 0) is 31.2 Å². The summed E-state index contributed by atoms with van der Waals surface area (Å²) >= 11 is 0. The highest BCUT2D eigenvalue weighted by Gasteiger charge is 2.15. The summed E-state index contributed by atoms with van der Waals surface area (Å²) in [6, 6.07) is 4.58. The summed E-state index contributed by atoms with van der Waals surface area (Å²) in [6.07, 6.45) is 0.983. The van der Waals surface area contributed by atoms with Crippen LogP contribution >= 0.6 is 0 Å². The molecule has 0 aliphatic rings. The van der Waals surface area contributed by atoms with E-state index in [4.69, 9.17) is 4.42 Å². The molecule has 1 aromatic heterocycles. The van der Waals surface area contributed by atoms with Gasteiger partial charge in [-0.25, -0.2) is 13.2 Å². The maximum atomic E-state index is 13.6. The quantitative estimate of drug-likeness (QED) is 0.658. The first-order valence-electron chi connectivity index (χ1n) is 6.06. The number of benzene rings is 1. The van der Waals surface area contributed by atoms with Crippen LogP contribution in [0.25, 0.3) is 11.3 Å². The molecule has 1 N–H and O–H groups in total. The van der Waals surface area contributed by atoms with E-state index in [1.807, 2.05) is 6.92 Å². The van der Waals surface area contributed by atoms with Crippen molar-refractivity contribution in [1.29, 1.82) is 0 Å². The Morgan fingerprint density at radius 2 is 1.95 bits per heavy atom. The SMILES string of the molecule is CCCNCc1ccc(-c2cc(F)cc(F)c2F)o1. The highest BCUT2D eigenvalue weighted by atomic mass is 19.2. The van der Waals surface area contributed by atoms with Gasteiger partial charge in [0, 0.05) is 6.07 Å². The lowest BCUT2D eigenvalue weighted by atomic mass is 10.1. The fourth-order valence-electron chi connectivity index (χ4n) is 1.74. The van der Waals surface area contributed by atoms with Gasteiger partial charge in [0.25, 0.3) is 0 Å². The third-order valence-electron chi connectivity index (χ3n) is 2.65. The van der Waals surface area contributed by atoms with E-state index in [1.54, 1.807) is 6.07 Å². The van der Waals surface area contributed by atoms with Crippen LogP contribution in [0.15, 0.2) is 28.7 Å². The predicted octanol–water partition coefficient (Wildman–Crippen LogP) is 3.86. The van der Waals surface area contributed by atoms with E-state index in [9.17, 15) is 13.2 Å². The van der Waals surface area contributed by atoms with Gasteiger partial charge in [0.05, 0.1) is 12.1 Å². The summed E-state index contributed by atoms with van der Waals surface area (Å²) in [4.78, 5) is 0. The molecule has 2 nitrogen and oxygen atoms in total. The fraction of sp³-hybridized carbons (Fsp3) is 0.286. The second-order valence-corrected chi connectivity index (χ2v) is 4.19. The Kier molecular flexibility index (Phi) is 4.27. The number of nitrogens with one attached hydrogen (secondary N) is 1. The Labute approximate surface area is 109 Å². The summed E-state index contributed by atoms with van der Waals surface area (Å²) in [7, 11) is 0. The van der Waals surface area contributed by atoms with Gasteiger partial charge in [-0.3, -0.25) is 0 Å². The lowest BCUT2D eigenvalue weighted by molar-refractivity contribution is 0.475. The Morgan fingerprint density at radius 1 is 1.16 bits per heavy atom. The molecule has 0 atom stereocenters. The van der Waals surface area contributed by atoms with Gasteiger partial charge in [-0.2, -0.15) is 0 Å². The van der Waals surface area contributed by atoms with Crippen LogP contribution in [-0.4, -0.2) is 6.54 Å². The minimum Gasteiger partial charge on any atom is -0.460 e. The molecular formula is C14H14F3NO. The average molecular weight is 269 g/mol. The Bertz CT molecular complexity index is 566. The smallest absolute Gasteiger partial charge is 0.169 e.